The van der Waals surface area contributed by atoms with Crippen LogP contribution < -0.4 is 9.47 Å². The molecule has 0 aromatic heterocycles. The van der Waals surface area contributed by atoms with Crippen LogP contribution in [0, 0.1) is 0 Å². The highest BCUT2D eigenvalue weighted by Gasteiger charge is 2.32. The number of halogens is 3. The van der Waals surface area contributed by atoms with Crippen LogP contribution in [-0.4, -0.2) is 31.5 Å². The summed E-state index contributed by atoms with van der Waals surface area (Å²) in [5.74, 6) is -0.848. The molecule has 7 heteroatoms. The van der Waals surface area contributed by atoms with Gasteiger partial charge in [-0.15, -0.1) is 13.2 Å². The molecule has 0 spiro atoms. The van der Waals surface area contributed by atoms with Crippen LogP contribution in [0.2, 0.25) is 0 Å². The number of carbonyl (C=O) groups excluding carboxylic acids is 1. The van der Waals surface area contributed by atoms with Crippen LogP contribution in [0.5, 0.6) is 11.5 Å². The average molecular weight is 249 g/mol. The van der Waals surface area contributed by atoms with E-state index in [0.717, 1.165) is 11.0 Å². The summed E-state index contributed by atoms with van der Waals surface area (Å²) in [5.41, 5.74) is 0. The third-order valence-corrected chi connectivity index (χ3v) is 1.64. The quantitative estimate of drug-likeness (QED) is 0.808. The van der Waals surface area contributed by atoms with Crippen molar-refractivity contribution in [2.24, 2.45) is 0 Å². The lowest BCUT2D eigenvalue weighted by Gasteiger charge is -2.15. The zero-order valence-corrected chi connectivity index (χ0v) is 9.12. The highest BCUT2D eigenvalue weighted by molar-refractivity contribution is 5.71. The van der Waals surface area contributed by atoms with E-state index in [2.05, 4.69) is 4.74 Å². The van der Waals surface area contributed by atoms with Gasteiger partial charge in [-0.3, -0.25) is 0 Å². The fourth-order valence-electron chi connectivity index (χ4n) is 0.929. The van der Waals surface area contributed by atoms with Crippen molar-refractivity contribution in [1.29, 1.82) is 0 Å². The van der Waals surface area contributed by atoms with Gasteiger partial charge in [0.25, 0.3) is 0 Å². The topological polar surface area (TPSA) is 38.8 Å². The van der Waals surface area contributed by atoms with E-state index in [1.54, 1.807) is 0 Å². The molecule has 1 aromatic rings. The molecule has 0 N–H and O–H groups in total. The van der Waals surface area contributed by atoms with Crippen LogP contribution in [0.25, 0.3) is 0 Å². The lowest BCUT2D eigenvalue weighted by Crippen LogP contribution is -2.26. The number of carbonyl (C=O) groups is 1. The Morgan fingerprint density at radius 3 is 2.18 bits per heavy atom. The molecule has 0 aliphatic carbocycles. The van der Waals surface area contributed by atoms with Gasteiger partial charge in [-0.05, 0) is 12.1 Å². The largest absolute Gasteiger partial charge is 0.573 e. The molecule has 4 nitrogen and oxygen atoms in total. The number of amides is 1. The van der Waals surface area contributed by atoms with Crippen LogP contribution in [0.4, 0.5) is 18.0 Å². The number of benzene rings is 1. The van der Waals surface area contributed by atoms with Gasteiger partial charge in [0, 0.05) is 14.1 Å². The number of alkyl halides is 3. The number of hydrogen-bond donors (Lipinski definition) is 0. The van der Waals surface area contributed by atoms with E-state index in [-0.39, 0.29) is 5.75 Å². The van der Waals surface area contributed by atoms with Gasteiger partial charge in [-0.2, -0.15) is 0 Å². The van der Waals surface area contributed by atoms with Crippen LogP contribution >= 0.6 is 0 Å². The Bertz CT molecular complexity index is 404. The minimum atomic E-state index is -4.83. The van der Waals surface area contributed by atoms with Gasteiger partial charge in [-0.25, -0.2) is 4.79 Å². The second-order valence-corrected chi connectivity index (χ2v) is 3.26. The second-order valence-electron chi connectivity index (χ2n) is 3.26. The molecule has 0 aliphatic rings. The molecule has 0 radical (unpaired) electrons. The van der Waals surface area contributed by atoms with Crippen molar-refractivity contribution in [1.82, 2.24) is 4.90 Å². The smallest absolute Gasteiger partial charge is 0.406 e. The number of para-hydroxylation sites is 2. The zero-order valence-electron chi connectivity index (χ0n) is 9.12. The highest BCUT2D eigenvalue weighted by atomic mass is 19.4. The fourth-order valence-corrected chi connectivity index (χ4v) is 0.929. The van der Waals surface area contributed by atoms with Crippen LogP contribution in [-0.2, 0) is 0 Å². The lowest BCUT2D eigenvalue weighted by atomic mass is 10.3. The van der Waals surface area contributed by atoms with Crippen LogP contribution in [0.15, 0.2) is 24.3 Å². The molecular formula is C10H10F3NO3. The SMILES string of the molecule is CN(C)C(=O)Oc1ccccc1OC(F)(F)F. The number of rotatable bonds is 2. The Kier molecular flexibility index (Phi) is 3.82. The monoisotopic (exact) mass is 249 g/mol. The van der Waals surface area contributed by atoms with Gasteiger partial charge >= 0.3 is 12.5 Å². The minimum Gasteiger partial charge on any atom is -0.406 e. The van der Waals surface area contributed by atoms with Crippen molar-refractivity contribution in [3.63, 3.8) is 0 Å². The zero-order chi connectivity index (χ0) is 13.1. The van der Waals surface area contributed by atoms with Crippen LogP contribution in [0.1, 0.15) is 0 Å². The summed E-state index contributed by atoms with van der Waals surface area (Å²) in [6, 6.07) is 5.05. The van der Waals surface area contributed by atoms with Gasteiger partial charge in [0.15, 0.2) is 11.5 Å². The van der Waals surface area contributed by atoms with Gasteiger partial charge < -0.3 is 14.4 Å². The van der Waals surface area contributed by atoms with Crippen molar-refractivity contribution in [2.75, 3.05) is 14.1 Å². The summed E-state index contributed by atoms with van der Waals surface area (Å²) in [5, 5.41) is 0. The Hall–Kier alpha value is -1.92. The van der Waals surface area contributed by atoms with E-state index in [9.17, 15) is 18.0 Å². The normalized spacial score (nSPS) is 10.9. The van der Waals surface area contributed by atoms with Crippen molar-refractivity contribution in [3.8, 4) is 11.5 Å². The van der Waals surface area contributed by atoms with Crippen molar-refractivity contribution in [2.45, 2.75) is 6.36 Å². The lowest BCUT2D eigenvalue weighted by molar-refractivity contribution is -0.275. The van der Waals surface area contributed by atoms with Gasteiger partial charge in [-0.1, -0.05) is 12.1 Å². The van der Waals surface area contributed by atoms with Crippen molar-refractivity contribution >= 4 is 6.09 Å². The Morgan fingerprint density at radius 1 is 1.18 bits per heavy atom. The van der Waals surface area contributed by atoms with E-state index in [1.165, 1.54) is 32.3 Å². The first kappa shape index (κ1) is 13.1. The molecular weight excluding hydrogens is 239 g/mol. The Morgan fingerprint density at radius 2 is 1.71 bits per heavy atom. The second kappa shape index (κ2) is 4.94. The first-order valence-corrected chi connectivity index (χ1v) is 4.53. The number of ether oxygens (including phenoxy) is 2. The predicted octanol–water partition coefficient (Wildman–Crippen LogP) is 2.65. The third-order valence-electron chi connectivity index (χ3n) is 1.64. The van der Waals surface area contributed by atoms with E-state index in [1.807, 2.05) is 0 Å². The van der Waals surface area contributed by atoms with Crippen LogP contribution in [0.3, 0.4) is 0 Å². The molecule has 0 unspecified atom stereocenters. The van der Waals surface area contributed by atoms with Gasteiger partial charge in [0.1, 0.15) is 0 Å². The van der Waals surface area contributed by atoms with Crippen molar-refractivity contribution in [3.05, 3.63) is 24.3 Å². The van der Waals surface area contributed by atoms with E-state index < -0.39 is 18.2 Å². The molecule has 1 aromatic carbocycles. The predicted molar refractivity (Wildman–Crippen MR) is 52.8 cm³/mol. The Balaban J connectivity index is 2.89. The average Bonchev–Trinajstić information content (AvgIpc) is 2.18. The first-order chi connectivity index (χ1) is 7.79. The Labute approximate surface area is 95.5 Å². The fraction of sp³-hybridized carbons (Fsp3) is 0.300. The maximum atomic E-state index is 12.0. The molecule has 0 aliphatic heterocycles. The molecule has 0 fully saturated rings. The minimum absolute atomic E-state index is 0.288. The molecule has 17 heavy (non-hydrogen) atoms. The number of nitrogens with zero attached hydrogens (tertiary/aromatic N) is 1. The van der Waals surface area contributed by atoms with E-state index in [4.69, 9.17) is 4.74 Å². The molecule has 0 heterocycles. The van der Waals surface area contributed by atoms with E-state index >= 15 is 0 Å². The first-order valence-electron chi connectivity index (χ1n) is 4.53. The van der Waals surface area contributed by atoms with Crippen molar-refractivity contribution < 1.29 is 27.4 Å². The molecule has 0 atom stereocenters. The third kappa shape index (κ3) is 4.21. The maximum absolute atomic E-state index is 12.0. The van der Waals surface area contributed by atoms with E-state index in [0.29, 0.717) is 0 Å². The summed E-state index contributed by atoms with van der Waals surface area (Å²) in [6.45, 7) is 0. The summed E-state index contributed by atoms with van der Waals surface area (Å²) < 4.78 is 44.6. The maximum Gasteiger partial charge on any atom is 0.573 e. The standard InChI is InChI=1S/C10H10F3NO3/c1-14(2)9(15)16-7-5-3-4-6-8(7)17-10(11,12)13/h3-6H,1-2H3. The molecule has 0 saturated carbocycles. The highest BCUT2D eigenvalue weighted by Crippen LogP contribution is 2.31. The summed E-state index contributed by atoms with van der Waals surface area (Å²) in [4.78, 5) is 12.3. The van der Waals surface area contributed by atoms with Gasteiger partial charge in [0.2, 0.25) is 0 Å². The molecule has 1 rings (SSSR count). The summed E-state index contributed by atoms with van der Waals surface area (Å²) >= 11 is 0. The summed E-state index contributed by atoms with van der Waals surface area (Å²) in [7, 11) is 2.82. The summed E-state index contributed by atoms with van der Waals surface area (Å²) in [6.07, 6.45) is -5.62. The molecule has 0 bridgehead atoms. The van der Waals surface area contributed by atoms with Gasteiger partial charge in [0.05, 0.1) is 0 Å². The molecule has 0 saturated heterocycles. The molecule has 1 amide bonds. The molecule has 94 valence electrons. The number of hydrogen-bond acceptors (Lipinski definition) is 3.